The van der Waals surface area contributed by atoms with Crippen molar-refractivity contribution in [3.63, 3.8) is 0 Å². The number of nitrogens with one attached hydrogen (secondary N) is 1. The first-order valence-electron chi connectivity index (χ1n) is 8.13. The van der Waals surface area contributed by atoms with E-state index in [1.165, 1.54) is 26.2 Å². The molecule has 0 atom stereocenters. The third-order valence-electron chi connectivity index (χ3n) is 4.07. The van der Waals surface area contributed by atoms with Gasteiger partial charge in [0.25, 0.3) is 5.91 Å². The SMILES string of the molecule is CN(C)S(=O)(=O)c1ccc(CNC(=O)c2ccc3nc(Cl)ccc3c2)cc1. The van der Waals surface area contributed by atoms with Crippen LogP contribution < -0.4 is 5.32 Å². The number of halogens is 1. The van der Waals surface area contributed by atoms with Crippen molar-refractivity contribution in [2.75, 3.05) is 14.1 Å². The van der Waals surface area contributed by atoms with Gasteiger partial charge in [-0.25, -0.2) is 17.7 Å². The Hall–Kier alpha value is -2.48. The van der Waals surface area contributed by atoms with Crippen molar-refractivity contribution in [1.82, 2.24) is 14.6 Å². The number of rotatable bonds is 5. The fraction of sp³-hybridized carbons (Fsp3) is 0.158. The largest absolute Gasteiger partial charge is 0.348 e. The van der Waals surface area contributed by atoms with Crippen LogP contribution in [0.1, 0.15) is 15.9 Å². The molecule has 0 fully saturated rings. The van der Waals surface area contributed by atoms with Gasteiger partial charge >= 0.3 is 0 Å². The average Bonchev–Trinajstić information content (AvgIpc) is 2.65. The zero-order chi connectivity index (χ0) is 19.6. The van der Waals surface area contributed by atoms with Crippen LogP contribution in [0.25, 0.3) is 10.9 Å². The molecule has 1 aromatic heterocycles. The summed E-state index contributed by atoms with van der Waals surface area (Å²) in [6.07, 6.45) is 0. The van der Waals surface area contributed by atoms with E-state index in [0.717, 1.165) is 20.8 Å². The molecule has 0 saturated carbocycles. The van der Waals surface area contributed by atoms with Crippen molar-refractivity contribution in [1.29, 1.82) is 0 Å². The van der Waals surface area contributed by atoms with Gasteiger partial charge in [0.15, 0.2) is 0 Å². The molecule has 0 bridgehead atoms. The van der Waals surface area contributed by atoms with Crippen molar-refractivity contribution >= 4 is 38.4 Å². The lowest BCUT2D eigenvalue weighted by Crippen LogP contribution is -2.23. The smallest absolute Gasteiger partial charge is 0.251 e. The standard InChI is InChI=1S/C19H18ClN3O3S/c1-23(2)27(25,26)16-7-3-13(4-8-16)12-21-19(24)15-5-9-17-14(11-15)6-10-18(20)22-17/h3-11H,12H2,1-2H3,(H,21,24). The van der Waals surface area contributed by atoms with Gasteiger partial charge < -0.3 is 5.32 Å². The summed E-state index contributed by atoms with van der Waals surface area (Å²) in [5, 5.41) is 4.05. The second-order valence-electron chi connectivity index (χ2n) is 6.16. The lowest BCUT2D eigenvalue weighted by atomic mass is 10.1. The predicted molar refractivity (Wildman–Crippen MR) is 105 cm³/mol. The summed E-state index contributed by atoms with van der Waals surface area (Å²) >= 11 is 5.86. The Labute approximate surface area is 162 Å². The van der Waals surface area contributed by atoms with Gasteiger partial charge in [-0.2, -0.15) is 0 Å². The zero-order valence-corrected chi connectivity index (χ0v) is 16.4. The zero-order valence-electron chi connectivity index (χ0n) is 14.8. The van der Waals surface area contributed by atoms with Crippen LogP contribution >= 0.6 is 11.6 Å². The molecule has 2 aromatic carbocycles. The molecule has 27 heavy (non-hydrogen) atoms. The normalized spacial score (nSPS) is 11.7. The molecule has 0 aliphatic rings. The number of hydrogen-bond acceptors (Lipinski definition) is 4. The number of pyridine rings is 1. The lowest BCUT2D eigenvalue weighted by molar-refractivity contribution is 0.0951. The Morgan fingerprint density at radius 3 is 2.44 bits per heavy atom. The Balaban J connectivity index is 1.69. The molecule has 0 aliphatic carbocycles. The second kappa shape index (κ2) is 7.64. The summed E-state index contributed by atoms with van der Waals surface area (Å²) in [5.41, 5.74) is 2.03. The molecular formula is C19H18ClN3O3S. The molecular weight excluding hydrogens is 386 g/mol. The van der Waals surface area contributed by atoms with Crippen LogP contribution in [0.3, 0.4) is 0 Å². The van der Waals surface area contributed by atoms with E-state index in [9.17, 15) is 13.2 Å². The van der Waals surface area contributed by atoms with E-state index in [-0.39, 0.29) is 17.3 Å². The Kier molecular flexibility index (Phi) is 5.46. The molecule has 1 N–H and O–H groups in total. The van der Waals surface area contributed by atoms with E-state index >= 15 is 0 Å². The van der Waals surface area contributed by atoms with Crippen molar-refractivity contribution in [3.8, 4) is 0 Å². The van der Waals surface area contributed by atoms with Crippen LogP contribution in [-0.2, 0) is 16.6 Å². The van der Waals surface area contributed by atoms with E-state index in [4.69, 9.17) is 11.6 Å². The van der Waals surface area contributed by atoms with Crippen LogP contribution in [0.2, 0.25) is 5.15 Å². The summed E-state index contributed by atoms with van der Waals surface area (Å²) in [5.74, 6) is -0.225. The van der Waals surface area contributed by atoms with E-state index < -0.39 is 10.0 Å². The number of amides is 1. The Morgan fingerprint density at radius 1 is 1.07 bits per heavy atom. The minimum atomic E-state index is -3.46. The highest BCUT2D eigenvalue weighted by atomic mass is 35.5. The van der Waals surface area contributed by atoms with E-state index in [2.05, 4.69) is 10.3 Å². The summed E-state index contributed by atoms with van der Waals surface area (Å²) in [6, 6.07) is 15.1. The third-order valence-corrected chi connectivity index (χ3v) is 6.11. The van der Waals surface area contributed by atoms with Gasteiger partial charge in [0.1, 0.15) is 5.15 Å². The molecule has 3 rings (SSSR count). The molecule has 0 saturated heterocycles. The molecule has 8 heteroatoms. The summed E-state index contributed by atoms with van der Waals surface area (Å²) in [4.78, 5) is 16.8. The van der Waals surface area contributed by atoms with Gasteiger partial charge in [-0.15, -0.1) is 0 Å². The lowest BCUT2D eigenvalue weighted by Gasteiger charge is -2.12. The van der Waals surface area contributed by atoms with Crippen LogP contribution in [0.4, 0.5) is 0 Å². The maximum Gasteiger partial charge on any atom is 0.251 e. The van der Waals surface area contributed by atoms with Crippen LogP contribution in [-0.4, -0.2) is 37.7 Å². The van der Waals surface area contributed by atoms with E-state index in [1.807, 2.05) is 6.07 Å². The molecule has 0 unspecified atom stereocenters. The second-order valence-corrected chi connectivity index (χ2v) is 8.69. The number of hydrogen-bond donors (Lipinski definition) is 1. The monoisotopic (exact) mass is 403 g/mol. The van der Waals surface area contributed by atoms with Gasteiger partial charge in [-0.1, -0.05) is 23.7 Å². The first-order chi connectivity index (χ1) is 12.8. The van der Waals surface area contributed by atoms with Crippen molar-refractivity contribution in [3.05, 3.63) is 70.9 Å². The van der Waals surface area contributed by atoms with Crippen LogP contribution in [0.15, 0.2) is 59.5 Å². The summed E-state index contributed by atoms with van der Waals surface area (Å²) in [7, 11) is -0.496. The van der Waals surface area contributed by atoms with Crippen molar-refractivity contribution in [2.45, 2.75) is 11.4 Å². The number of nitrogens with zero attached hydrogens (tertiary/aromatic N) is 2. The van der Waals surface area contributed by atoms with Gasteiger partial charge in [0.2, 0.25) is 10.0 Å². The van der Waals surface area contributed by atoms with Gasteiger partial charge in [-0.3, -0.25) is 4.79 Å². The molecule has 3 aromatic rings. The molecule has 1 heterocycles. The molecule has 0 radical (unpaired) electrons. The van der Waals surface area contributed by atoms with Gasteiger partial charge in [-0.05, 0) is 48.0 Å². The number of sulfonamides is 1. The maximum atomic E-state index is 12.4. The average molecular weight is 404 g/mol. The number of aromatic nitrogens is 1. The minimum absolute atomic E-state index is 0.211. The number of carbonyl (C=O) groups excluding carboxylic acids is 1. The Morgan fingerprint density at radius 2 is 1.78 bits per heavy atom. The van der Waals surface area contributed by atoms with Gasteiger partial charge in [0.05, 0.1) is 10.4 Å². The summed E-state index contributed by atoms with van der Waals surface area (Å²) in [6.45, 7) is 0.290. The topological polar surface area (TPSA) is 79.4 Å². The summed E-state index contributed by atoms with van der Waals surface area (Å²) < 4.78 is 25.3. The Bertz CT molecular complexity index is 1100. The molecule has 1 amide bonds. The molecule has 6 nitrogen and oxygen atoms in total. The van der Waals surface area contributed by atoms with Crippen molar-refractivity contribution in [2.24, 2.45) is 0 Å². The number of benzene rings is 2. The van der Waals surface area contributed by atoms with Crippen LogP contribution in [0.5, 0.6) is 0 Å². The highest BCUT2D eigenvalue weighted by Gasteiger charge is 2.16. The fourth-order valence-electron chi connectivity index (χ4n) is 2.52. The molecule has 140 valence electrons. The first-order valence-corrected chi connectivity index (χ1v) is 9.95. The minimum Gasteiger partial charge on any atom is -0.348 e. The molecule has 0 spiro atoms. The molecule has 0 aliphatic heterocycles. The first kappa shape index (κ1) is 19.3. The fourth-order valence-corrected chi connectivity index (χ4v) is 3.57. The van der Waals surface area contributed by atoms with E-state index in [1.54, 1.807) is 36.4 Å². The number of carbonyl (C=O) groups is 1. The quantitative estimate of drug-likeness (QED) is 0.664. The third kappa shape index (κ3) is 4.27. The highest BCUT2D eigenvalue weighted by molar-refractivity contribution is 7.89. The number of fused-ring (bicyclic) bond motifs is 1. The van der Waals surface area contributed by atoms with Gasteiger partial charge in [0, 0.05) is 31.6 Å². The van der Waals surface area contributed by atoms with E-state index in [0.29, 0.717) is 10.7 Å². The predicted octanol–water partition coefficient (Wildman–Crippen LogP) is 3.07. The highest BCUT2D eigenvalue weighted by Crippen LogP contribution is 2.17. The van der Waals surface area contributed by atoms with Crippen molar-refractivity contribution < 1.29 is 13.2 Å². The van der Waals surface area contributed by atoms with Crippen LogP contribution in [0, 0.1) is 0 Å². The maximum absolute atomic E-state index is 12.4.